The van der Waals surface area contributed by atoms with Gasteiger partial charge in [-0.15, -0.1) is 0 Å². The van der Waals surface area contributed by atoms with Crippen molar-refractivity contribution in [2.75, 3.05) is 6.54 Å². The van der Waals surface area contributed by atoms with Gasteiger partial charge in [-0.1, -0.05) is 15.9 Å². The summed E-state index contributed by atoms with van der Waals surface area (Å²) in [5.41, 5.74) is 1.59. The van der Waals surface area contributed by atoms with Crippen molar-refractivity contribution >= 4 is 38.8 Å². The van der Waals surface area contributed by atoms with E-state index < -0.39 is 5.97 Å². The quantitative estimate of drug-likeness (QED) is 0.917. The zero-order valence-corrected chi connectivity index (χ0v) is 13.0. The molecular weight excluding hydrogens is 338 g/mol. The molecule has 1 aliphatic rings. The standard InChI is InChI=1S/C15H14BrNO4/c1-8-4-10(16)5-9-6-12(21-14(8)9)15(20)17(7-13(18)19)11-2-3-11/h4-6,11H,2-3,7H2,1H3,(H,18,19). The van der Waals surface area contributed by atoms with Crippen LogP contribution in [-0.2, 0) is 4.79 Å². The Morgan fingerprint density at radius 1 is 1.38 bits per heavy atom. The van der Waals surface area contributed by atoms with Crippen LogP contribution in [0.5, 0.6) is 0 Å². The second kappa shape index (κ2) is 5.18. The van der Waals surface area contributed by atoms with Crippen LogP contribution in [0.4, 0.5) is 0 Å². The van der Waals surface area contributed by atoms with Crippen LogP contribution in [0.3, 0.4) is 0 Å². The maximum atomic E-state index is 12.5. The number of carboxylic acid groups (broad SMARTS) is 1. The van der Waals surface area contributed by atoms with Gasteiger partial charge in [-0.25, -0.2) is 0 Å². The van der Waals surface area contributed by atoms with Crippen molar-refractivity contribution in [2.45, 2.75) is 25.8 Å². The highest BCUT2D eigenvalue weighted by Crippen LogP contribution is 2.31. The van der Waals surface area contributed by atoms with Crippen molar-refractivity contribution in [1.29, 1.82) is 0 Å². The molecule has 0 aliphatic heterocycles. The molecular formula is C15H14BrNO4. The van der Waals surface area contributed by atoms with Crippen molar-refractivity contribution in [3.8, 4) is 0 Å². The number of benzene rings is 1. The van der Waals surface area contributed by atoms with Gasteiger partial charge in [0.25, 0.3) is 5.91 Å². The molecule has 110 valence electrons. The number of carboxylic acids is 1. The van der Waals surface area contributed by atoms with E-state index in [-0.39, 0.29) is 24.3 Å². The molecule has 5 nitrogen and oxygen atoms in total. The lowest BCUT2D eigenvalue weighted by Gasteiger charge is -2.18. The van der Waals surface area contributed by atoms with E-state index in [1.165, 1.54) is 4.90 Å². The predicted octanol–water partition coefficient (Wildman–Crippen LogP) is 3.19. The minimum absolute atomic E-state index is 0.0228. The van der Waals surface area contributed by atoms with Crippen LogP contribution in [0.1, 0.15) is 29.0 Å². The van der Waals surface area contributed by atoms with Gasteiger partial charge in [-0.2, -0.15) is 0 Å². The largest absolute Gasteiger partial charge is 0.480 e. The van der Waals surface area contributed by atoms with Gasteiger partial charge in [0.15, 0.2) is 5.76 Å². The Bertz CT molecular complexity index is 733. The van der Waals surface area contributed by atoms with E-state index in [0.717, 1.165) is 28.3 Å². The lowest BCUT2D eigenvalue weighted by atomic mass is 10.2. The maximum Gasteiger partial charge on any atom is 0.323 e. The summed E-state index contributed by atoms with van der Waals surface area (Å²) in [5, 5.41) is 9.78. The Morgan fingerprint density at radius 3 is 2.71 bits per heavy atom. The number of carbonyl (C=O) groups excluding carboxylic acids is 1. The molecule has 6 heteroatoms. The summed E-state index contributed by atoms with van der Waals surface area (Å²) in [6, 6.07) is 5.49. The molecule has 1 heterocycles. The molecule has 0 spiro atoms. The van der Waals surface area contributed by atoms with Crippen LogP contribution in [-0.4, -0.2) is 34.5 Å². The highest BCUT2D eigenvalue weighted by molar-refractivity contribution is 9.10. The number of nitrogens with zero attached hydrogens (tertiary/aromatic N) is 1. The minimum atomic E-state index is -1.01. The van der Waals surface area contributed by atoms with E-state index in [1.807, 2.05) is 19.1 Å². The van der Waals surface area contributed by atoms with Crippen molar-refractivity contribution in [3.63, 3.8) is 0 Å². The number of carbonyl (C=O) groups is 2. The molecule has 1 amide bonds. The third-order valence-electron chi connectivity index (χ3n) is 3.53. The maximum absolute atomic E-state index is 12.5. The SMILES string of the molecule is Cc1cc(Br)cc2cc(C(=O)N(CC(=O)O)C3CC3)oc12. The fourth-order valence-corrected chi connectivity index (χ4v) is 3.02. The van der Waals surface area contributed by atoms with Crippen LogP contribution >= 0.6 is 15.9 Å². The molecule has 1 fully saturated rings. The molecule has 0 saturated heterocycles. The fourth-order valence-electron chi connectivity index (χ4n) is 2.43. The van der Waals surface area contributed by atoms with Gasteiger partial charge in [-0.3, -0.25) is 9.59 Å². The van der Waals surface area contributed by atoms with E-state index in [4.69, 9.17) is 9.52 Å². The molecule has 0 radical (unpaired) electrons. The molecule has 0 unspecified atom stereocenters. The fraction of sp³-hybridized carbons (Fsp3) is 0.333. The van der Waals surface area contributed by atoms with Gasteiger partial charge in [0.1, 0.15) is 12.1 Å². The van der Waals surface area contributed by atoms with E-state index in [9.17, 15) is 9.59 Å². The second-order valence-corrected chi connectivity index (χ2v) is 6.23. The zero-order valence-electron chi connectivity index (χ0n) is 11.4. The summed E-state index contributed by atoms with van der Waals surface area (Å²) in [4.78, 5) is 24.8. The van der Waals surface area contributed by atoms with E-state index in [1.54, 1.807) is 6.07 Å². The van der Waals surface area contributed by atoms with Crippen LogP contribution in [0, 0.1) is 6.92 Å². The predicted molar refractivity (Wildman–Crippen MR) is 80.3 cm³/mol. The van der Waals surface area contributed by atoms with Gasteiger partial charge in [0.05, 0.1) is 0 Å². The van der Waals surface area contributed by atoms with Gasteiger partial charge in [0, 0.05) is 15.9 Å². The van der Waals surface area contributed by atoms with Crippen molar-refractivity contribution in [3.05, 3.63) is 34.0 Å². The number of hydrogen-bond acceptors (Lipinski definition) is 3. The van der Waals surface area contributed by atoms with Gasteiger partial charge in [-0.05, 0) is 43.5 Å². The third-order valence-corrected chi connectivity index (χ3v) is 3.99. The highest BCUT2D eigenvalue weighted by Gasteiger charge is 2.35. The molecule has 0 bridgehead atoms. The van der Waals surface area contributed by atoms with Crippen molar-refractivity contribution < 1.29 is 19.1 Å². The molecule has 2 aromatic rings. The van der Waals surface area contributed by atoms with Gasteiger partial charge >= 0.3 is 5.97 Å². The molecule has 1 aliphatic carbocycles. The Labute approximate surface area is 129 Å². The topological polar surface area (TPSA) is 70.8 Å². The number of rotatable bonds is 4. The number of amides is 1. The first-order valence-corrected chi connectivity index (χ1v) is 7.47. The summed E-state index contributed by atoms with van der Waals surface area (Å²) >= 11 is 3.41. The first kappa shape index (κ1) is 14.1. The third kappa shape index (κ3) is 2.81. The number of aliphatic carboxylic acids is 1. The van der Waals surface area contributed by atoms with E-state index in [0.29, 0.717) is 5.58 Å². The summed E-state index contributed by atoms with van der Waals surface area (Å²) < 4.78 is 6.56. The summed E-state index contributed by atoms with van der Waals surface area (Å²) in [6.45, 7) is 1.62. The lowest BCUT2D eigenvalue weighted by molar-refractivity contribution is -0.137. The smallest absolute Gasteiger partial charge is 0.323 e. The summed E-state index contributed by atoms with van der Waals surface area (Å²) in [5.74, 6) is -1.17. The summed E-state index contributed by atoms with van der Waals surface area (Å²) in [7, 11) is 0. The summed E-state index contributed by atoms with van der Waals surface area (Å²) in [6.07, 6.45) is 1.70. The van der Waals surface area contributed by atoms with Crippen LogP contribution in [0.25, 0.3) is 11.0 Å². The zero-order chi connectivity index (χ0) is 15.1. The Hall–Kier alpha value is -1.82. The lowest BCUT2D eigenvalue weighted by Crippen LogP contribution is -2.37. The Morgan fingerprint density at radius 2 is 2.10 bits per heavy atom. The van der Waals surface area contributed by atoms with Crippen LogP contribution in [0.2, 0.25) is 0 Å². The number of hydrogen-bond donors (Lipinski definition) is 1. The average Bonchev–Trinajstić information content (AvgIpc) is 3.14. The van der Waals surface area contributed by atoms with Gasteiger partial charge in [0.2, 0.25) is 0 Å². The highest BCUT2D eigenvalue weighted by atomic mass is 79.9. The van der Waals surface area contributed by atoms with Crippen LogP contribution in [0.15, 0.2) is 27.1 Å². The molecule has 3 rings (SSSR count). The Balaban J connectivity index is 1.96. The van der Waals surface area contributed by atoms with Crippen molar-refractivity contribution in [2.24, 2.45) is 0 Å². The number of aryl methyl sites for hydroxylation is 1. The minimum Gasteiger partial charge on any atom is -0.480 e. The molecule has 0 atom stereocenters. The van der Waals surface area contributed by atoms with Crippen molar-refractivity contribution in [1.82, 2.24) is 4.90 Å². The molecule has 1 saturated carbocycles. The average molecular weight is 352 g/mol. The number of fused-ring (bicyclic) bond motifs is 1. The molecule has 1 N–H and O–H groups in total. The monoisotopic (exact) mass is 351 g/mol. The molecule has 1 aromatic carbocycles. The second-order valence-electron chi connectivity index (χ2n) is 5.31. The van der Waals surface area contributed by atoms with Gasteiger partial charge < -0.3 is 14.4 Å². The number of furan rings is 1. The number of halogens is 1. The first-order chi connectivity index (χ1) is 9.95. The van der Waals surface area contributed by atoms with E-state index in [2.05, 4.69) is 15.9 Å². The first-order valence-electron chi connectivity index (χ1n) is 6.68. The van der Waals surface area contributed by atoms with Crippen LogP contribution < -0.4 is 0 Å². The normalized spacial score (nSPS) is 14.4. The Kier molecular flexibility index (Phi) is 3.49. The molecule has 21 heavy (non-hydrogen) atoms. The molecule has 1 aromatic heterocycles. The van der Waals surface area contributed by atoms with E-state index >= 15 is 0 Å².